The Kier molecular flexibility index (Phi) is 6.04. The van der Waals surface area contributed by atoms with Crippen molar-refractivity contribution in [3.8, 4) is 5.75 Å². The van der Waals surface area contributed by atoms with E-state index in [2.05, 4.69) is 15.9 Å². The lowest BCUT2D eigenvalue weighted by Gasteiger charge is -2.16. The average Bonchev–Trinajstić information content (AvgIpc) is 2.29. The third kappa shape index (κ3) is 4.91. The fourth-order valence-corrected chi connectivity index (χ4v) is 2.84. The van der Waals surface area contributed by atoms with Crippen LogP contribution in [0.2, 0.25) is 0 Å². The monoisotopic (exact) mass is 374 g/mol. The number of ether oxygens (including phenoxy) is 2. The first-order valence-electron chi connectivity index (χ1n) is 5.35. The number of hydrogen-bond donors (Lipinski definition) is 0. The molecule has 0 saturated carbocycles. The summed E-state index contributed by atoms with van der Waals surface area (Å²) in [7, 11) is 2.56. The quantitative estimate of drug-likeness (QED) is 0.716. The number of methoxy groups -OCH3 is 1. The highest BCUT2D eigenvalue weighted by Crippen LogP contribution is 2.32. The smallest absolute Gasteiger partial charge is 0.264 e. The molecule has 0 aromatic heterocycles. The van der Waals surface area contributed by atoms with Crippen LogP contribution in [-0.4, -0.2) is 28.2 Å². The molecule has 8 heteroatoms. The van der Waals surface area contributed by atoms with Crippen molar-refractivity contribution in [2.75, 3.05) is 13.7 Å². The summed E-state index contributed by atoms with van der Waals surface area (Å²) in [4.78, 5) is -0.585. The zero-order valence-electron chi connectivity index (χ0n) is 10.3. The molecule has 0 fully saturated rings. The molecule has 19 heavy (non-hydrogen) atoms. The van der Waals surface area contributed by atoms with Gasteiger partial charge in [0, 0.05) is 36.9 Å². The lowest BCUT2D eigenvalue weighted by molar-refractivity contribution is 0.134. The van der Waals surface area contributed by atoms with Gasteiger partial charge in [0.05, 0.1) is 10.6 Å². The highest BCUT2D eigenvalue weighted by Gasteiger charge is 2.20. The fourth-order valence-electron chi connectivity index (χ4n) is 1.35. The summed E-state index contributed by atoms with van der Waals surface area (Å²) in [5.74, 6) is -0.739. The predicted molar refractivity (Wildman–Crippen MR) is 73.7 cm³/mol. The van der Waals surface area contributed by atoms with E-state index in [1.54, 1.807) is 14.0 Å². The van der Waals surface area contributed by atoms with Crippen LogP contribution >= 0.6 is 26.6 Å². The molecule has 0 saturated heterocycles. The van der Waals surface area contributed by atoms with Gasteiger partial charge < -0.3 is 9.47 Å². The SMILES string of the molecule is COCCC(C)Oc1cc(F)c(S(=O)(=O)Cl)cc1Br. The number of hydrogen-bond acceptors (Lipinski definition) is 4. The zero-order valence-corrected chi connectivity index (χ0v) is 13.5. The van der Waals surface area contributed by atoms with E-state index in [1.165, 1.54) is 0 Å². The second kappa shape index (κ2) is 6.88. The van der Waals surface area contributed by atoms with Crippen molar-refractivity contribution in [2.45, 2.75) is 24.3 Å². The van der Waals surface area contributed by atoms with Crippen molar-refractivity contribution >= 4 is 35.7 Å². The molecule has 1 aromatic rings. The zero-order chi connectivity index (χ0) is 14.6. The van der Waals surface area contributed by atoms with Crippen molar-refractivity contribution in [1.29, 1.82) is 0 Å². The van der Waals surface area contributed by atoms with Crippen LogP contribution in [0.15, 0.2) is 21.5 Å². The van der Waals surface area contributed by atoms with E-state index < -0.39 is 19.8 Å². The molecule has 108 valence electrons. The van der Waals surface area contributed by atoms with E-state index in [0.29, 0.717) is 17.5 Å². The van der Waals surface area contributed by atoms with Crippen molar-refractivity contribution in [2.24, 2.45) is 0 Å². The van der Waals surface area contributed by atoms with Gasteiger partial charge in [-0.3, -0.25) is 0 Å². The molecule has 1 rings (SSSR count). The molecule has 0 aliphatic rings. The minimum atomic E-state index is -4.12. The van der Waals surface area contributed by atoms with Crippen LogP contribution in [0, 0.1) is 5.82 Å². The highest BCUT2D eigenvalue weighted by molar-refractivity contribution is 9.10. The topological polar surface area (TPSA) is 52.6 Å². The molecule has 0 aliphatic heterocycles. The second-order valence-corrected chi connectivity index (χ2v) is 7.25. The molecular formula is C11H13BrClFO4S. The third-order valence-corrected chi connectivity index (χ3v) is 4.26. The molecule has 0 aliphatic carbocycles. The Labute approximate surface area is 124 Å². The summed E-state index contributed by atoms with van der Waals surface area (Å²) in [6, 6.07) is 2.07. The lowest BCUT2D eigenvalue weighted by atomic mass is 10.3. The van der Waals surface area contributed by atoms with Crippen LogP contribution in [0.3, 0.4) is 0 Å². The first-order chi connectivity index (χ1) is 8.75. The second-order valence-electron chi connectivity index (χ2n) is 3.86. The summed E-state index contributed by atoms with van der Waals surface area (Å²) in [6.07, 6.45) is 0.425. The van der Waals surface area contributed by atoms with Gasteiger partial charge in [-0.1, -0.05) is 0 Å². The maximum atomic E-state index is 13.6. The van der Waals surface area contributed by atoms with E-state index in [9.17, 15) is 12.8 Å². The summed E-state index contributed by atoms with van der Waals surface area (Å²) >= 11 is 3.12. The van der Waals surface area contributed by atoms with Crippen LogP contribution < -0.4 is 4.74 Å². The highest BCUT2D eigenvalue weighted by atomic mass is 79.9. The molecule has 0 heterocycles. The molecule has 0 spiro atoms. The number of benzene rings is 1. The molecular weight excluding hydrogens is 363 g/mol. The molecule has 0 bridgehead atoms. The Balaban J connectivity index is 2.97. The minimum absolute atomic E-state index is 0.200. The number of halogens is 3. The van der Waals surface area contributed by atoms with Gasteiger partial charge in [-0.15, -0.1) is 0 Å². The number of rotatable bonds is 6. The molecule has 0 N–H and O–H groups in total. The summed E-state index contributed by atoms with van der Waals surface area (Å²) in [6.45, 7) is 2.31. The van der Waals surface area contributed by atoms with Gasteiger partial charge in [-0.05, 0) is 28.9 Å². The van der Waals surface area contributed by atoms with Gasteiger partial charge >= 0.3 is 0 Å². The van der Waals surface area contributed by atoms with Crippen LogP contribution in [0.4, 0.5) is 4.39 Å². The Morgan fingerprint density at radius 2 is 2.11 bits per heavy atom. The largest absolute Gasteiger partial charge is 0.489 e. The van der Waals surface area contributed by atoms with Crippen molar-refractivity contribution in [1.82, 2.24) is 0 Å². The molecule has 0 amide bonds. The summed E-state index contributed by atoms with van der Waals surface area (Å²) in [5.41, 5.74) is 0. The molecule has 4 nitrogen and oxygen atoms in total. The first-order valence-corrected chi connectivity index (χ1v) is 8.45. The van der Waals surface area contributed by atoms with Gasteiger partial charge in [-0.25, -0.2) is 12.8 Å². The van der Waals surface area contributed by atoms with Crippen LogP contribution in [0.5, 0.6) is 5.75 Å². The normalized spacial score (nSPS) is 13.3. The van der Waals surface area contributed by atoms with Gasteiger partial charge in [0.25, 0.3) is 9.05 Å². The Morgan fingerprint density at radius 1 is 1.47 bits per heavy atom. The first kappa shape index (κ1) is 16.7. The Bertz CT molecular complexity index is 550. The van der Waals surface area contributed by atoms with Crippen molar-refractivity contribution < 1.29 is 22.3 Å². The van der Waals surface area contributed by atoms with E-state index in [4.69, 9.17) is 20.2 Å². The maximum absolute atomic E-state index is 13.6. The Hall–Kier alpha value is -0.370. The maximum Gasteiger partial charge on any atom is 0.264 e. The summed E-state index contributed by atoms with van der Waals surface area (Å²) in [5, 5.41) is 0. The van der Waals surface area contributed by atoms with Gasteiger partial charge in [0.2, 0.25) is 0 Å². The fraction of sp³-hybridized carbons (Fsp3) is 0.455. The standard InChI is InChI=1S/C11H13BrClFO4S/c1-7(3-4-17-2)18-10-6-9(14)11(5-8(10)12)19(13,15)16/h5-7H,3-4H2,1-2H3. The van der Waals surface area contributed by atoms with Crippen LogP contribution in [0.25, 0.3) is 0 Å². The Morgan fingerprint density at radius 3 is 2.63 bits per heavy atom. The van der Waals surface area contributed by atoms with E-state index in [1.807, 2.05) is 0 Å². The minimum Gasteiger partial charge on any atom is -0.489 e. The van der Waals surface area contributed by atoms with E-state index >= 15 is 0 Å². The molecule has 1 unspecified atom stereocenters. The van der Waals surface area contributed by atoms with Crippen molar-refractivity contribution in [3.63, 3.8) is 0 Å². The predicted octanol–water partition coefficient (Wildman–Crippen LogP) is 3.32. The molecule has 1 aromatic carbocycles. The van der Waals surface area contributed by atoms with Gasteiger partial charge in [0.1, 0.15) is 16.5 Å². The summed E-state index contributed by atoms with van der Waals surface area (Å²) < 4.78 is 46.6. The van der Waals surface area contributed by atoms with Gasteiger partial charge in [0.15, 0.2) is 0 Å². The molecule has 0 radical (unpaired) electrons. The molecule has 1 atom stereocenters. The lowest BCUT2D eigenvalue weighted by Crippen LogP contribution is -2.14. The van der Waals surface area contributed by atoms with Crippen LogP contribution in [0.1, 0.15) is 13.3 Å². The van der Waals surface area contributed by atoms with E-state index in [0.717, 1.165) is 12.1 Å². The average molecular weight is 376 g/mol. The third-order valence-electron chi connectivity index (χ3n) is 2.31. The van der Waals surface area contributed by atoms with Gasteiger partial charge in [-0.2, -0.15) is 0 Å². The van der Waals surface area contributed by atoms with Crippen LogP contribution in [-0.2, 0) is 13.8 Å². The van der Waals surface area contributed by atoms with Crippen molar-refractivity contribution in [3.05, 3.63) is 22.4 Å². The van der Waals surface area contributed by atoms with E-state index in [-0.39, 0.29) is 11.9 Å².